The Morgan fingerprint density at radius 1 is 1.12 bits per heavy atom. The Kier molecular flexibility index (Phi) is 10.8. The summed E-state index contributed by atoms with van der Waals surface area (Å²) in [6, 6.07) is 0. The lowest BCUT2D eigenvalue weighted by atomic mass is 9.79. The average Bonchev–Trinajstić information content (AvgIpc) is 2.57. The van der Waals surface area contributed by atoms with E-state index in [1.807, 2.05) is 25.7 Å². The van der Waals surface area contributed by atoms with Gasteiger partial charge in [0.2, 0.25) is 0 Å². The Hall–Kier alpha value is -0.770. The van der Waals surface area contributed by atoms with Crippen molar-refractivity contribution in [3.63, 3.8) is 0 Å². The first kappa shape index (κ1) is 25.2. The first-order valence-electron chi connectivity index (χ1n) is 9.30. The van der Waals surface area contributed by atoms with Crippen molar-refractivity contribution in [2.24, 2.45) is 16.1 Å². The molecule has 0 spiro atoms. The molecule has 0 unspecified atom stereocenters. The summed E-state index contributed by atoms with van der Waals surface area (Å²) in [6.07, 6.45) is 2.39. The maximum Gasteiger partial charge on any atom is 0.410 e. The molecule has 0 atom stereocenters. The van der Waals surface area contributed by atoms with Gasteiger partial charge in [0, 0.05) is 39.3 Å². The molecule has 1 saturated heterocycles. The van der Waals surface area contributed by atoms with Crippen LogP contribution in [0.1, 0.15) is 53.9 Å². The van der Waals surface area contributed by atoms with E-state index in [4.69, 9.17) is 10.5 Å². The topological polar surface area (TPSA) is 91.4 Å². The quantitative estimate of drug-likeness (QED) is 0.344. The number of hydrogen-bond acceptors (Lipinski definition) is 4. The zero-order valence-corrected chi connectivity index (χ0v) is 19.3. The highest BCUT2D eigenvalue weighted by atomic mass is 127. The van der Waals surface area contributed by atoms with Crippen molar-refractivity contribution < 1.29 is 14.6 Å². The van der Waals surface area contributed by atoms with Crippen LogP contribution in [0.2, 0.25) is 0 Å². The van der Waals surface area contributed by atoms with Gasteiger partial charge in [-0.25, -0.2) is 4.79 Å². The standard InChI is InChI=1S/C18H36N4O3.HI/c1-6-18(7-2,8-13-23)14-20-15(19)21-9-11-22(12-10-21)16(24)25-17(3,4)5;/h23H,6-14H2,1-5H3,(H2,19,20);1H. The normalized spacial score (nSPS) is 16.3. The van der Waals surface area contributed by atoms with E-state index in [2.05, 4.69) is 18.8 Å². The van der Waals surface area contributed by atoms with E-state index in [1.54, 1.807) is 4.90 Å². The van der Waals surface area contributed by atoms with Gasteiger partial charge < -0.3 is 25.4 Å². The van der Waals surface area contributed by atoms with E-state index in [-0.39, 0.29) is 42.1 Å². The average molecular weight is 484 g/mol. The summed E-state index contributed by atoms with van der Waals surface area (Å²) in [5, 5.41) is 9.30. The molecule has 8 heteroatoms. The second-order valence-electron chi connectivity index (χ2n) is 7.81. The fraction of sp³-hybridized carbons (Fsp3) is 0.889. The Labute approximate surface area is 175 Å². The Balaban J connectivity index is 0.00000625. The molecule has 3 N–H and O–H groups in total. The molecule has 7 nitrogen and oxygen atoms in total. The third kappa shape index (κ3) is 7.85. The molecule has 1 amide bonds. The van der Waals surface area contributed by atoms with Gasteiger partial charge in [-0.05, 0) is 45.4 Å². The summed E-state index contributed by atoms with van der Waals surface area (Å²) in [5.74, 6) is 0.521. The van der Waals surface area contributed by atoms with Crippen LogP contribution < -0.4 is 5.73 Å². The smallest absolute Gasteiger partial charge is 0.410 e. The van der Waals surface area contributed by atoms with Gasteiger partial charge in [0.15, 0.2) is 5.96 Å². The monoisotopic (exact) mass is 484 g/mol. The van der Waals surface area contributed by atoms with Gasteiger partial charge in [-0.15, -0.1) is 24.0 Å². The van der Waals surface area contributed by atoms with Crippen molar-refractivity contribution >= 4 is 36.0 Å². The molecular formula is C18H37IN4O3. The number of guanidine groups is 1. The molecule has 154 valence electrons. The number of hydrogen-bond donors (Lipinski definition) is 2. The first-order chi connectivity index (χ1) is 11.7. The van der Waals surface area contributed by atoms with Crippen LogP contribution in [-0.2, 0) is 4.74 Å². The SMILES string of the molecule is CCC(CC)(CCO)CN=C(N)N1CCN(C(=O)OC(C)(C)C)CC1.I. The Morgan fingerprint density at radius 3 is 2.04 bits per heavy atom. The summed E-state index contributed by atoms with van der Waals surface area (Å²) >= 11 is 0. The Morgan fingerprint density at radius 2 is 1.62 bits per heavy atom. The highest BCUT2D eigenvalue weighted by Crippen LogP contribution is 2.30. The lowest BCUT2D eigenvalue weighted by Gasteiger charge is -2.36. The number of aliphatic hydroxyl groups excluding tert-OH is 1. The van der Waals surface area contributed by atoms with Gasteiger partial charge in [-0.3, -0.25) is 4.99 Å². The lowest BCUT2D eigenvalue weighted by Crippen LogP contribution is -2.53. The number of rotatable bonds is 6. The molecule has 1 aliphatic heterocycles. The minimum atomic E-state index is -0.481. The van der Waals surface area contributed by atoms with Crippen molar-refractivity contribution in [2.45, 2.75) is 59.5 Å². The summed E-state index contributed by atoms with van der Waals surface area (Å²) < 4.78 is 5.40. The number of ether oxygens (including phenoxy) is 1. The van der Waals surface area contributed by atoms with Crippen molar-refractivity contribution in [2.75, 3.05) is 39.3 Å². The van der Waals surface area contributed by atoms with Crippen LogP contribution in [0.4, 0.5) is 4.79 Å². The molecular weight excluding hydrogens is 447 g/mol. The van der Waals surface area contributed by atoms with E-state index in [0.29, 0.717) is 38.7 Å². The van der Waals surface area contributed by atoms with Gasteiger partial charge in [0.05, 0.1) is 0 Å². The van der Waals surface area contributed by atoms with Crippen LogP contribution in [0.3, 0.4) is 0 Å². The molecule has 0 aliphatic carbocycles. The van der Waals surface area contributed by atoms with Gasteiger partial charge >= 0.3 is 6.09 Å². The number of piperazine rings is 1. The maximum absolute atomic E-state index is 12.1. The highest BCUT2D eigenvalue weighted by molar-refractivity contribution is 14.0. The molecule has 1 aliphatic rings. The largest absolute Gasteiger partial charge is 0.444 e. The summed E-state index contributed by atoms with van der Waals surface area (Å²) in [5.41, 5.74) is 5.69. The number of carbonyl (C=O) groups is 1. The highest BCUT2D eigenvalue weighted by Gasteiger charge is 2.28. The second kappa shape index (κ2) is 11.2. The number of aliphatic hydroxyl groups is 1. The van der Waals surface area contributed by atoms with Crippen molar-refractivity contribution in [1.82, 2.24) is 9.80 Å². The van der Waals surface area contributed by atoms with Gasteiger partial charge in [0.1, 0.15) is 5.60 Å². The van der Waals surface area contributed by atoms with Gasteiger partial charge in [0.25, 0.3) is 0 Å². The van der Waals surface area contributed by atoms with Crippen LogP contribution in [0.5, 0.6) is 0 Å². The molecule has 1 rings (SSSR count). The molecule has 0 aromatic rings. The second-order valence-corrected chi connectivity index (χ2v) is 7.81. The number of carbonyl (C=O) groups excluding carboxylic acids is 1. The minimum Gasteiger partial charge on any atom is -0.444 e. The van der Waals surface area contributed by atoms with Crippen LogP contribution in [-0.4, -0.2) is 71.9 Å². The lowest BCUT2D eigenvalue weighted by molar-refractivity contribution is 0.0186. The molecule has 26 heavy (non-hydrogen) atoms. The summed E-state index contributed by atoms with van der Waals surface area (Å²) in [6.45, 7) is 13.1. The number of nitrogens with two attached hydrogens (primary N) is 1. The molecule has 0 radical (unpaired) electrons. The van der Waals surface area contributed by atoms with Crippen LogP contribution in [0, 0.1) is 5.41 Å². The molecule has 0 saturated carbocycles. The van der Waals surface area contributed by atoms with Crippen LogP contribution in [0.15, 0.2) is 4.99 Å². The van der Waals surface area contributed by atoms with Crippen LogP contribution >= 0.6 is 24.0 Å². The number of aliphatic imine (C=N–C) groups is 1. The zero-order chi connectivity index (χ0) is 19.1. The number of amides is 1. The molecule has 0 aromatic heterocycles. The van der Waals surface area contributed by atoms with E-state index < -0.39 is 5.60 Å². The van der Waals surface area contributed by atoms with Crippen molar-refractivity contribution in [3.05, 3.63) is 0 Å². The molecule has 1 fully saturated rings. The molecule has 0 bridgehead atoms. The van der Waals surface area contributed by atoms with E-state index in [1.165, 1.54) is 0 Å². The zero-order valence-electron chi connectivity index (χ0n) is 17.0. The first-order valence-corrected chi connectivity index (χ1v) is 9.30. The third-order valence-electron chi connectivity index (χ3n) is 4.97. The van der Waals surface area contributed by atoms with E-state index in [9.17, 15) is 9.90 Å². The summed E-state index contributed by atoms with van der Waals surface area (Å²) in [7, 11) is 0. The minimum absolute atomic E-state index is 0. The molecule has 1 heterocycles. The van der Waals surface area contributed by atoms with Gasteiger partial charge in [-0.2, -0.15) is 0 Å². The van der Waals surface area contributed by atoms with Crippen LogP contribution in [0.25, 0.3) is 0 Å². The predicted octanol–water partition coefficient (Wildman–Crippen LogP) is 2.66. The van der Waals surface area contributed by atoms with E-state index in [0.717, 1.165) is 19.3 Å². The fourth-order valence-electron chi connectivity index (χ4n) is 2.94. The summed E-state index contributed by atoms with van der Waals surface area (Å²) in [4.78, 5) is 20.4. The number of halogens is 1. The fourth-order valence-corrected chi connectivity index (χ4v) is 2.94. The van der Waals surface area contributed by atoms with Crippen molar-refractivity contribution in [3.8, 4) is 0 Å². The third-order valence-corrected chi connectivity index (χ3v) is 4.97. The molecule has 0 aromatic carbocycles. The predicted molar refractivity (Wildman–Crippen MR) is 116 cm³/mol. The van der Waals surface area contributed by atoms with E-state index >= 15 is 0 Å². The van der Waals surface area contributed by atoms with Gasteiger partial charge in [-0.1, -0.05) is 13.8 Å². The van der Waals surface area contributed by atoms with Crippen molar-refractivity contribution in [1.29, 1.82) is 0 Å². The maximum atomic E-state index is 12.1. The number of nitrogens with zero attached hydrogens (tertiary/aromatic N) is 3. The Bertz CT molecular complexity index is 454.